The molecule has 2 nitrogen and oxygen atoms in total. The fraction of sp³-hybridized carbons (Fsp3) is 0.600. The lowest BCUT2D eigenvalue weighted by Gasteiger charge is -2.36. The van der Waals surface area contributed by atoms with E-state index in [9.17, 15) is 5.11 Å². The van der Waals surface area contributed by atoms with Gasteiger partial charge in [0.1, 0.15) is 0 Å². The molecule has 20 heavy (non-hydrogen) atoms. The predicted octanol–water partition coefficient (Wildman–Crippen LogP) is 3.87. The van der Waals surface area contributed by atoms with E-state index in [2.05, 4.69) is 33.9 Å². The highest BCUT2D eigenvalue weighted by molar-refractivity contribution is 7.19. The molecule has 3 atom stereocenters. The van der Waals surface area contributed by atoms with Crippen molar-refractivity contribution in [3.8, 4) is 0 Å². The van der Waals surface area contributed by atoms with Crippen molar-refractivity contribution in [3.63, 3.8) is 0 Å². The second-order valence-corrected chi connectivity index (χ2v) is 18.4. The molecule has 0 fully saturated rings. The summed E-state index contributed by atoms with van der Waals surface area (Å²) < 4.78 is 6.47. The monoisotopic (exact) mass is 330 g/mol. The van der Waals surface area contributed by atoms with Crippen LogP contribution in [0.25, 0.3) is 0 Å². The van der Waals surface area contributed by atoms with Crippen molar-refractivity contribution in [1.29, 1.82) is 0 Å². The molecule has 3 unspecified atom stereocenters. The standard InChI is InChI=1S/C15H27ClO2Si2/c1-11(17)14(12-9-7-8-10-13(12)16)18-20(19(5)6)15(2,3)4/h7-11,14,17,19-20H,1-6H3. The molecule has 0 aliphatic rings. The average molecular weight is 331 g/mol. The molecule has 0 heterocycles. The van der Waals surface area contributed by atoms with Gasteiger partial charge in [0.15, 0.2) is 8.56 Å². The molecule has 0 aliphatic heterocycles. The first kappa shape index (κ1) is 17.9. The summed E-state index contributed by atoms with van der Waals surface area (Å²) in [7, 11) is -2.26. The zero-order chi connectivity index (χ0) is 15.5. The van der Waals surface area contributed by atoms with Gasteiger partial charge in [0.05, 0.1) is 20.5 Å². The molecule has 0 bridgehead atoms. The number of aliphatic hydroxyl groups is 1. The largest absolute Gasteiger partial charge is 0.414 e. The van der Waals surface area contributed by atoms with Gasteiger partial charge in [-0.3, -0.25) is 0 Å². The predicted molar refractivity (Wildman–Crippen MR) is 92.7 cm³/mol. The highest BCUT2D eigenvalue weighted by atomic mass is 35.5. The number of hydrogen-bond donors (Lipinski definition) is 1. The maximum Gasteiger partial charge on any atom is 0.167 e. The fourth-order valence-corrected chi connectivity index (χ4v) is 13.8. The molecule has 1 rings (SSSR count). The van der Waals surface area contributed by atoms with Gasteiger partial charge in [-0.25, -0.2) is 0 Å². The summed E-state index contributed by atoms with van der Waals surface area (Å²) >= 11 is 6.28. The molecule has 1 aromatic rings. The Balaban J connectivity index is 3.07. The van der Waals surface area contributed by atoms with Gasteiger partial charge in [-0.1, -0.05) is 63.7 Å². The van der Waals surface area contributed by atoms with Crippen LogP contribution in [0, 0.1) is 0 Å². The van der Waals surface area contributed by atoms with Crippen LogP contribution >= 0.6 is 11.6 Å². The molecule has 0 amide bonds. The first-order chi connectivity index (χ1) is 9.14. The fourth-order valence-electron chi connectivity index (χ4n) is 2.67. The Morgan fingerprint density at radius 2 is 1.75 bits per heavy atom. The van der Waals surface area contributed by atoms with Crippen molar-refractivity contribution < 1.29 is 9.53 Å². The van der Waals surface area contributed by atoms with E-state index in [1.807, 2.05) is 24.3 Å². The van der Waals surface area contributed by atoms with Crippen LogP contribution in [0.5, 0.6) is 0 Å². The Kier molecular flexibility index (Phi) is 6.47. The van der Waals surface area contributed by atoms with Crippen LogP contribution in [-0.2, 0) is 4.43 Å². The lowest BCUT2D eigenvalue weighted by molar-refractivity contribution is 0.0458. The van der Waals surface area contributed by atoms with Gasteiger partial charge in [0.2, 0.25) is 0 Å². The first-order valence-corrected chi connectivity index (χ1v) is 13.6. The summed E-state index contributed by atoms with van der Waals surface area (Å²) in [5.41, 5.74) is 0.903. The maximum atomic E-state index is 10.1. The van der Waals surface area contributed by atoms with Crippen LogP contribution in [-0.4, -0.2) is 28.1 Å². The smallest absolute Gasteiger partial charge is 0.167 e. The van der Waals surface area contributed by atoms with Gasteiger partial charge in [-0.05, 0) is 18.0 Å². The Morgan fingerprint density at radius 1 is 1.20 bits per heavy atom. The van der Waals surface area contributed by atoms with Crippen LogP contribution in [0.3, 0.4) is 0 Å². The molecule has 0 spiro atoms. The zero-order valence-corrected chi connectivity index (χ0v) is 16.4. The topological polar surface area (TPSA) is 29.5 Å². The van der Waals surface area contributed by atoms with Crippen LogP contribution in [0.4, 0.5) is 0 Å². The van der Waals surface area contributed by atoms with Crippen molar-refractivity contribution in [3.05, 3.63) is 34.9 Å². The highest BCUT2D eigenvalue weighted by Gasteiger charge is 2.35. The first-order valence-electron chi connectivity index (χ1n) is 7.22. The summed E-state index contributed by atoms with van der Waals surface area (Å²) in [6.45, 7) is 13.2. The van der Waals surface area contributed by atoms with Crippen molar-refractivity contribution in [2.24, 2.45) is 0 Å². The number of aliphatic hydroxyl groups excluding tert-OH is 1. The zero-order valence-electron chi connectivity index (χ0n) is 13.4. The van der Waals surface area contributed by atoms with Gasteiger partial charge in [-0.15, -0.1) is 0 Å². The van der Waals surface area contributed by atoms with Crippen LogP contribution < -0.4 is 0 Å². The van der Waals surface area contributed by atoms with Crippen molar-refractivity contribution in [2.45, 2.75) is 58.0 Å². The van der Waals surface area contributed by atoms with Gasteiger partial charge in [-0.2, -0.15) is 0 Å². The highest BCUT2D eigenvalue weighted by Crippen LogP contribution is 2.35. The number of benzene rings is 1. The van der Waals surface area contributed by atoms with Crippen LogP contribution in [0.2, 0.25) is 23.2 Å². The lowest BCUT2D eigenvalue weighted by Crippen LogP contribution is -2.44. The maximum absolute atomic E-state index is 10.1. The van der Waals surface area contributed by atoms with Gasteiger partial charge < -0.3 is 9.53 Å². The molecular formula is C15H27ClO2Si2. The van der Waals surface area contributed by atoms with E-state index in [1.165, 1.54) is 0 Å². The molecule has 5 heteroatoms. The molecule has 0 aromatic heterocycles. The number of halogens is 1. The van der Waals surface area contributed by atoms with E-state index in [1.54, 1.807) is 6.92 Å². The molecule has 1 aromatic carbocycles. The van der Waals surface area contributed by atoms with Crippen LogP contribution in [0.15, 0.2) is 24.3 Å². The molecule has 0 saturated heterocycles. The summed E-state index contributed by atoms with van der Waals surface area (Å²) in [5, 5.41) is 11.0. The van der Waals surface area contributed by atoms with Crippen LogP contribution in [0.1, 0.15) is 39.4 Å². The van der Waals surface area contributed by atoms with E-state index in [4.69, 9.17) is 16.0 Å². The van der Waals surface area contributed by atoms with Crippen molar-refractivity contribution in [2.75, 3.05) is 0 Å². The normalized spacial score (nSPS) is 17.1. The Labute approximate surface area is 131 Å². The molecule has 0 aliphatic carbocycles. The summed E-state index contributed by atoms with van der Waals surface area (Å²) in [5.74, 6) is 0. The second kappa shape index (κ2) is 7.23. The van der Waals surface area contributed by atoms with E-state index in [0.29, 0.717) is 5.02 Å². The summed E-state index contributed by atoms with van der Waals surface area (Å²) in [4.78, 5) is 0. The molecule has 0 saturated carbocycles. The third-order valence-electron chi connectivity index (χ3n) is 3.40. The number of rotatable bonds is 5. The lowest BCUT2D eigenvalue weighted by atomic mass is 10.1. The Hall–Kier alpha value is -0.136. The van der Waals surface area contributed by atoms with E-state index in [0.717, 1.165) is 5.56 Å². The average Bonchev–Trinajstić information content (AvgIpc) is 2.29. The minimum absolute atomic E-state index is 0.203. The van der Waals surface area contributed by atoms with E-state index >= 15 is 0 Å². The third kappa shape index (κ3) is 4.70. The minimum Gasteiger partial charge on any atom is -0.414 e. The number of hydrogen-bond acceptors (Lipinski definition) is 2. The Bertz CT molecular complexity index is 430. The Morgan fingerprint density at radius 3 is 2.15 bits per heavy atom. The van der Waals surface area contributed by atoms with Gasteiger partial charge in [0.25, 0.3) is 0 Å². The SMILES string of the molecule is CC(O)C(O[SiH]([SiH](C)C)C(C)(C)C)c1ccccc1Cl. The molecule has 1 N–H and O–H groups in total. The van der Waals surface area contributed by atoms with E-state index < -0.39 is 23.0 Å². The molecule has 114 valence electrons. The second-order valence-electron chi connectivity index (χ2n) is 6.85. The quantitative estimate of drug-likeness (QED) is 0.830. The van der Waals surface area contributed by atoms with Crippen molar-refractivity contribution in [1.82, 2.24) is 0 Å². The minimum atomic E-state index is -1.38. The molecular weight excluding hydrogens is 304 g/mol. The van der Waals surface area contributed by atoms with Gasteiger partial charge >= 0.3 is 0 Å². The van der Waals surface area contributed by atoms with Crippen molar-refractivity contribution >= 4 is 28.5 Å². The summed E-state index contributed by atoms with van der Waals surface area (Å²) in [6, 6.07) is 7.66. The van der Waals surface area contributed by atoms with E-state index in [-0.39, 0.29) is 11.1 Å². The summed E-state index contributed by atoms with van der Waals surface area (Å²) in [6.07, 6.45) is -0.866. The third-order valence-corrected chi connectivity index (χ3v) is 14.4. The van der Waals surface area contributed by atoms with Gasteiger partial charge in [0, 0.05) is 10.6 Å². The molecule has 0 radical (unpaired) electrons.